The van der Waals surface area contributed by atoms with Crippen LogP contribution in [0.15, 0.2) is 48.5 Å². The number of ketones is 1. The van der Waals surface area contributed by atoms with Crippen molar-refractivity contribution in [3.63, 3.8) is 0 Å². The van der Waals surface area contributed by atoms with Gasteiger partial charge in [-0.3, -0.25) is 14.4 Å². The average molecular weight is 396 g/mol. The molecule has 0 bridgehead atoms. The van der Waals surface area contributed by atoms with Crippen LogP contribution in [0.4, 0.5) is 5.69 Å². The van der Waals surface area contributed by atoms with Crippen LogP contribution >= 0.6 is 0 Å². The second-order valence-electron chi connectivity index (χ2n) is 6.64. The topological polar surface area (TPSA) is 75.7 Å². The quantitative estimate of drug-likeness (QED) is 0.483. The number of hydrogen-bond donors (Lipinski definition) is 1. The third-order valence-corrected chi connectivity index (χ3v) is 4.52. The van der Waals surface area contributed by atoms with Gasteiger partial charge in [-0.2, -0.15) is 0 Å². The molecule has 0 atom stereocenters. The zero-order chi connectivity index (χ0) is 21.2. The summed E-state index contributed by atoms with van der Waals surface area (Å²) < 4.78 is 5.60. The van der Waals surface area contributed by atoms with E-state index in [1.54, 1.807) is 53.4 Å². The molecule has 1 N–H and O–H groups in total. The summed E-state index contributed by atoms with van der Waals surface area (Å²) in [7, 11) is 0. The largest absolute Gasteiger partial charge is 0.494 e. The zero-order valence-corrected chi connectivity index (χ0v) is 17.2. The number of nitrogens with zero attached hydrogens (tertiary/aromatic N) is 1. The highest BCUT2D eigenvalue weighted by atomic mass is 16.5. The van der Waals surface area contributed by atoms with Crippen LogP contribution in [0.2, 0.25) is 0 Å². The molecule has 0 aliphatic carbocycles. The van der Waals surface area contributed by atoms with E-state index in [9.17, 15) is 14.4 Å². The summed E-state index contributed by atoms with van der Waals surface area (Å²) in [6, 6.07) is 13.9. The maximum atomic E-state index is 12.4. The molecule has 0 spiro atoms. The molecule has 0 heterocycles. The molecule has 6 nitrogen and oxygen atoms in total. The van der Waals surface area contributed by atoms with E-state index in [2.05, 4.69) is 5.32 Å². The fourth-order valence-electron chi connectivity index (χ4n) is 2.86. The van der Waals surface area contributed by atoms with Gasteiger partial charge in [0.15, 0.2) is 5.78 Å². The van der Waals surface area contributed by atoms with E-state index in [1.807, 2.05) is 13.8 Å². The fourth-order valence-corrected chi connectivity index (χ4v) is 2.86. The summed E-state index contributed by atoms with van der Waals surface area (Å²) in [6.45, 7) is 7.07. The minimum atomic E-state index is -0.132. The predicted octanol–water partition coefficient (Wildman–Crippen LogP) is 4.17. The number of Topliss-reactive ketones (excluding diaryl/α,β-unsaturated/α-hetero) is 1. The number of benzene rings is 2. The molecular weight excluding hydrogens is 368 g/mol. The molecule has 0 radical (unpaired) electrons. The first-order valence-electron chi connectivity index (χ1n) is 9.87. The SMILES string of the molecule is CCN(CC)C(=O)c1cccc(NC(=O)CCCOc2ccc(C(C)=O)cc2)c1. The van der Waals surface area contributed by atoms with Crippen LogP contribution < -0.4 is 10.1 Å². The van der Waals surface area contributed by atoms with Crippen LogP contribution in [0, 0.1) is 0 Å². The molecule has 0 fully saturated rings. The van der Waals surface area contributed by atoms with Crippen molar-refractivity contribution < 1.29 is 19.1 Å². The molecule has 2 rings (SSSR count). The van der Waals surface area contributed by atoms with Crippen LogP contribution in [0.5, 0.6) is 5.75 Å². The van der Waals surface area contributed by atoms with Crippen LogP contribution in [0.3, 0.4) is 0 Å². The zero-order valence-electron chi connectivity index (χ0n) is 17.2. The van der Waals surface area contributed by atoms with E-state index in [4.69, 9.17) is 4.74 Å². The maximum absolute atomic E-state index is 12.4. The Bertz CT molecular complexity index is 842. The second kappa shape index (κ2) is 11.0. The van der Waals surface area contributed by atoms with E-state index in [0.29, 0.717) is 55.1 Å². The fraction of sp³-hybridized carbons (Fsp3) is 0.348. The predicted molar refractivity (Wildman–Crippen MR) is 113 cm³/mol. The highest BCUT2D eigenvalue weighted by molar-refractivity contribution is 5.97. The Morgan fingerprint density at radius 2 is 1.66 bits per heavy atom. The van der Waals surface area contributed by atoms with Crippen LogP contribution in [-0.2, 0) is 4.79 Å². The smallest absolute Gasteiger partial charge is 0.253 e. The summed E-state index contributed by atoms with van der Waals surface area (Å²) >= 11 is 0. The molecule has 0 unspecified atom stereocenters. The normalized spacial score (nSPS) is 10.3. The molecule has 29 heavy (non-hydrogen) atoms. The minimum Gasteiger partial charge on any atom is -0.494 e. The van der Waals surface area contributed by atoms with Crippen molar-refractivity contribution >= 4 is 23.3 Å². The van der Waals surface area contributed by atoms with Crippen LogP contribution in [0.1, 0.15) is 54.3 Å². The molecule has 2 aromatic carbocycles. The number of carbonyl (C=O) groups excluding carboxylic acids is 3. The highest BCUT2D eigenvalue weighted by Gasteiger charge is 2.13. The Balaban J connectivity index is 1.80. The Hall–Kier alpha value is -3.15. The van der Waals surface area contributed by atoms with Crippen molar-refractivity contribution in [2.24, 2.45) is 0 Å². The molecule has 0 saturated carbocycles. The van der Waals surface area contributed by atoms with Gasteiger partial charge in [-0.15, -0.1) is 0 Å². The van der Waals surface area contributed by atoms with Gasteiger partial charge < -0.3 is 15.0 Å². The standard InChI is InChI=1S/C23H28N2O4/c1-4-25(5-2)23(28)19-8-6-9-20(16-19)24-22(27)10-7-15-29-21-13-11-18(12-14-21)17(3)26/h6,8-9,11-14,16H,4-5,7,10,15H2,1-3H3,(H,24,27). The highest BCUT2D eigenvalue weighted by Crippen LogP contribution is 2.15. The monoisotopic (exact) mass is 396 g/mol. The van der Waals surface area contributed by atoms with Crippen LogP contribution in [0.25, 0.3) is 0 Å². The molecule has 6 heteroatoms. The third kappa shape index (κ3) is 6.75. The number of hydrogen-bond acceptors (Lipinski definition) is 4. The molecular formula is C23H28N2O4. The molecule has 0 aromatic heterocycles. The number of carbonyl (C=O) groups is 3. The number of rotatable bonds is 10. The van der Waals surface area contributed by atoms with Gasteiger partial charge in [0, 0.05) is 36.3 Å². The van der Waals surface area contributed by atoms with Crippen molar-refractivity contribution in [2.75, 3.05) is 25.0 Å². The van der Waals surface area contributed by atoms with Gasteiger partial charge in [-0.25, -0.2) is 0 Å². The lowest BCUT2D eigenvalue weighted by Crippen LogP contribution is -2.30. The maximum Gasteiger partial charge on any atom is 0.253 e. The van der Waals surface area contributed by atoms with E-state index < -0.39 is 0 Å². The lowest BCUT2D eigenvalue weighted by atomic mass is 10.1. The second-order valence-corrected chi connectivity index (χ2v) is 6.64. The van der Waals surface area contributed by atoms with Crippen molar-refractivity contribution in [1.82, 2.24) is 4.90 Å². The summed E-state index contributed by atoms with van der Waals surface area (Å²) in [4.78, 5) is 37.6. The Morgan fingerprint density at radius 1 is 0.966 bits per heavy atom. The lowest BCUT2D eigenvalue weighted by molar-refractivity contribution is -0.116. The van der Waals surface area contributed by atoms with Gasteiger partial charge in [0.25, 0.3) is 5.91 Å². The van der Waals surface area contributed by atoms with Gasteiger partial charge in [0.05, 0.1) is 6.61 Å². The number of nitrogens with one attached hydrogen (secondary N) is 1. The van der Waals surface area contributed by atoms with Gasteiger partial charge in [-0.1, -0.05) is 6.07 Å². The van der Waals surface area contributed by atoms with Crippen molar-refractivity contribution in [3.05, 3.63) is 59.7 Å². The Morgan fingerprint density at radius 3 is 2.28 bits per heavy atom. The van der Waals surface area contributed by atoms with Gasteiger partial charge in [0.1, 0.15) is 5.75 Å². The van der Waals surface area contributed by atoms with Crippen molar-refractivity contribution in [2.45, 2.75) is 33.6 Å². The average Bonchev–Trinajstić information content (AvgIpc) is 2.72. The Kier molecular flexibility index (Phi) is 8.40. The van der Waals surface area contributed by atoms with E-state index in [-0.39, 0.29) is 17.6 Å². The van der Waals surface area contributed by atoms with Crippen LogP contribution in [-0.4, -0.2) is 42.2 Å². The molecule has 0 saturated heterocycles. The van der Waals surface area contributed by atoms with E-state index in [0.717, 1.165) is 0 Å². The lowest BCUT2D eigenvalue weighted by Gasteiger charge is -2.19. The number of amides is 2. The number of anilines is 1. The first kappa shape index (κ1) is 22.1. The van der Waals surface area contributed by atoms with Gasteiger partial charge in [-0.05, 0) is 69.7 Å². The van der Waals surface area contributed by atoms with Gasteiger partial charge in [0.2, 0.25) is 5.91 Å². The molecule has 0 aliphatic rings. The summed E-state index contributed by atoms with van der Waals surface area (Å²) in [5.74, 6) is 0.498. The van der Waals surface area contributed by atoms with E-state index in [1.165, 1.54) is 6.92 Å². The molecule has 0 aliphatic heterocycles. The van der Waals surface area contributed by atoms with E-state index >= 15 is 0 Å². The minimum absolute atomic E-state index is 0.0103. The molecule has 2 amide bonds. The third-order valence-electron chi connectivity index (χ3n) is 4.52. The first-order valence-corrected chi connectivity index (χ1v) is 9.87. The van der Waals surface area contributed by atoms with Crippen molar-refractivity contribution in [1.29, 1.82) is 0 Å². The first-order chi connectivity index (χ1) is 13.9. The van der Waals surface area contributed by atoms with Crippen molar-refractivity contribution in [3.8, 4) is 5.75 Å². The molecule has 154 valence electrons. The van der Waals surface area contributed by atoms with Gasteiger partial charge >= 0.3 is 0 Å². The summed E-state index contributed by atoms with van der Waals surface area (Å²) in [5, 5.41) is 2.83. The Labute approximate surface area is 171 Å². The summed E-state index contributed by atoms with van der Waals surface area (Å²) in [6.07, 6.45) is 0.859. The number of ether oxygens (including phenoxy) is 1. The molecule has 2 aromatic rings. The summed E-state index contributed by atoms with van der Waals surface area (Å²) in [5.41, 5.74) is 1.80.